The van der Waals surface area contributed by atoms with Gasteiger partial charge in [0.2, 0.25) is 0 Å². The Balaban J connectivity index is 2.27. The Labute approximate surface area is 82.7 Å². The lowest BCUT2D eigenvalue weighted by atomic mass is 9.80. The monoisotopic (exact) mass is 194 g/mol. The van der Waals surface area contributed by atoms with Crippen LogP contribution in [0, 0.1) is 5.92 Å². The quantitative estimate of drug-likeness (QED) is 0.664. The molecule has 2 rings (SSSR count). The molecular formula is C11H14O3. The molecule has 0 amide bonds. The van der Waals surface area contributed by atoms with Crippen LogP contribution in [0.5, 0.6) is 0 Å². The van der Waals surface area contributed by atoms with Crippen molar-refractivity contribution in [1.29, 1.82) is 0 Å². The van der Waals surface area contributed by atoms with Crippen molar-refractivity contribution in [3.05, 3.63) is 23.3 Å². The third-order valence-electron chi connectivity index (χ3n) is 3.04. The lowest BCUT2D eigenvalue weighted by Crippen LogP contribution is -2.31. The van der Waals surface area contributed by atoms with Crippen LogP contribution >= 0.6 is 0 Å². The van der Waals surface area contributed by atoms with E-state index in [9.17, 15) is 9.90 Å². The fourth-order valence-electron chi connectivity index (χ4n) is 2.24. The number of hydrogen-bond acceptors (Lipinski definition) is 2. The van der Waals surface area contributed by atoms with Gasteiger partial charge in [0.25, 0.3) is 0 Å². The van der Waals surface area contributed by atoms with Gasteiger partial charge in [-0.2, -0.15) is 0 Å². The van der Waals surface area contributed by atoms with Crippen LogP contribution < -0.4 is 0 Å². The summed E-state index contributed by atoms with van der Waals surface area (Å²) in [4.78, 5) is 10.8. The van der Waals surface area contributed by atoms with Crippen LogP contribution in [-0.4, -0.2) is 22.3 Å². The zero-order chi connectivity index (χ0) is 10.1. The van der Waals surface area contributed by atoms with E-state index in [1.807, 2.05) is 6.08 Å². The predicted octanol–water partition coefficient (Wildman–Crippen LogP) is 1.49. The Hall–Kier alpha value is -1.09. The van der Waals surface area contributed by atoms with Crippen LogP contribution in [0.3, 0.4) is 0 Å². The Bertz CT molecular complexity index is 314. The molecule has 3 nitrogen and oxygen atoms in total. The molecule has 0 fully saturated rings. The molecule has 2 atom stereocenters. The molecule has 76 valence electrons. The van der Waals surface area contributed by atoms with Gasteiger partial charge >= 0.3 is 5.97 Å². The smallest absolute Gasteiger partial charge is 0.313 e. The summed E-state index contributed by atoms with van der Waals surface area (Å²) in [5.41, 5.74) is 2.10. The van der Waals surface area contributed by atoms with E-state index in [0.717, 1.165) is 36.8 Å². The van der Waals surface area contributed by atoms with E-state index in [4.69, 9.17) is 5.11 Å². The van der Waals surface area contributed by atoms with Crippen LogP contribution in [0.25, 0.3) is 0 Å². The first-order valence-electron chi connectivity index (χ1n) is 5.01. The van der Waals surface area contributed by atoms with Crippen molar-refractivity contribution in [1.82, 2.24) is 0 Å². The van der Waals surface area contributed by atoms with E-state index in [2.05, 4.69) is 0 Å². The summed E-state index contributed by atoms with van der Waals surface area (Å²) in [5.74, 6) is -1.68. The predicted molar refractivity (Wildman–Crippen MR) is 51.8 cm³/mol. The summed E-state index contributed by atoms with van der Waals surface area (Å²) in [7, 11) is 0. The van der Waals surface area contributed by atoms with Crippen molar-refractivity contribution in [3.63, 3.8) is 0 Å². The highest BCUT2D eigenvalue weighted by molar-refractivity contribution is 5.74. The van der Waals surface area contributed by atoms with Crippen molar-refractivity contribution in [2.75, 3.05) is 0 Å². The van der Waals surface area contributed by atoms with E-state index in [1.165, 1.54) is 0 Å². The van der Waals surface area contributed by atoms with Gasteiger partial charge in [-0.15, -0.1) is 0 Å². The third-order valence-corrected chi connectivity index (χ3v) is 3.04. The molecule has 0 radical (unpaired) electrons. The maximum absolute atomic E-state index is 10.8. The van der Waals surface area contributed by atoms with Crippen LogP contribution in [0.15, 0.2) is 23.3 Å². The molecular weight excluding hydrogens is 180 g/mol. The topological polar surface area (TPSA) is 57.5 Å². The van der Waals surface area contributed by atoms with Crippen molar-refractivity contribution in [2.45, 2.75) is 31.8 Å². The molecule has 0 heterocycles. The first kappa shape index (κ1) is 9.46. The third kappa shape index (κ3) is 1.48. The van der Waals surface area contributed by atoms with Crippen molar-refractivity contribution in [3.8, 4) is 0 Å². The first-order chi connectivity index (χ1) is 6.70. The van der Waals surface area contributed by atoms with Gasteiger partial charge in [0.05, 0.1) is 6.10 Å². The molecule has 0 aromatic carbocycles. The van der Waals surface area contributed by atoms with Crippen molar-refractivity contribution in [2.24, 2.45) is 5.92 Å². The number of allylic oxidation sites excluding steroid dienone is 2. The molecule has 2 unspecified atom stereocenters. The Morgan fingerprint density at radius 1 is 1.36 bits per heavy atom. The SMILES string of the molecule is O=C(O)C1C=CC2=C(CCCC2)C1O. The number of aliphatic hydroxyl groups is 1. The Morgan fingerprint density at radius 3 is 2.79 bits per heavy atom. The van der Waals surface area contributed by atoms with Crippen molar-refractivity contribution >= 4 is 5.97 Å². The van der Waals surface area contributed by atoms with Crippen molar-refractivity contribution < 1.29 is 15.0 Å². The minimum absolute atomic E-state index is 0.744. The van der Waals surface area contributed by atoms with Crippen LogP contribution in [0.1, 0.15) is 25.7 Å². The van der Waals surface area contributed by atoms with E-state index in [0.29, 0.717) is 0 Å². The van der Waals surface area contributed by atoms with E-state index in [1.54, 1.807) is 6.08 Å². The first-order valence-corrected chi connectivity index (χ1v) is 5.01. The number of carboxylic acids is 1. The molecule has 2 N–H and O–H groups in total. The number of carbonyl (C=O) groups is 1. The zero-order valence-electron chi connectivity index (χ0n) is 7.94. The summed E-state index contributed by atoms with van der Waals surface area (Å²) in [6.07, 6.45) is 6.73. The average molecular weight is 194 g/mol. The van der Waals surface area contributed by atoms with Crippen LogP contribution in [-0.2, 0) is 4.79 Å². The summed E-state index contributed by atoms with van der Waals surface area (Å²) >= 11 is 0. The molecule has 0 aromatic rings. The molecule has 2 aliphatic rings. The maximum Gasteiger partial charge on any atom is 0.313 e. The highest BCUT2D eigenvalue weighted by Crippen LogP contribution is 2.34. The van der Waals surface area contributed by atoms with E-state index >= 15 is 0 Å². The molecule has 2 aliphatic carbocycles. The Kier molecular flexibility index (Phi) is 2.42. The molecule has 14 heavy (non-hydrogen) atoms. The number of aliphatic carboxylic acids is 1. The average Bonchev–Trinajstić information content (AvgIpc) is 2.18. The fraction of sp³-hybridized carbons (Fsp3) is 0.545. The van der Waals surface area contributed by atoms with Gasteiger partial charge in [-0.25, -0.2) is 0 Å². The lowest BCUT2D eigenvalue weighted by molar-refractivity contribution is -0.142. The van der Waals surface area contributed by atoms with Gasteiger partial charge in [-0.1, -0.05) is 12.2 Å². The largest absolute Gasteiger partial charge is 0.481 e. The summed E-state index contributed by atoms with van der Waals surface area (Å²) in [6.45, 7) is 0. The summed E-state index contributed by atoms with van der Waals surface area (Å²) in [6, 6.07) is 0. The maximum atomic E-state index is 10.8. The number of hydrogen-bond donors (Lipinski definition) is 2. The van der Waals surface area contributed by atoms with Gasteiger partial charge in [0, 0.05) is 0 Å². The van der Waals surface area contributed by atoms with E-state index < -0.39 is 18.0 Å². The molecule has 3 heteroatoms. The van der Waals surface area contributed by atoms with Gasteiger partial charge in [-0.05, 0) is 36.8 Å². The fourth-order valence-corrected chi connectivity index (χ4v) is 2.24. The second-order valence-corrected chi connectivity index (χ2v) is 3.93. The summed E-state index contributed by atoms with van der Waals surface area (Å²) < 4.78 is 0. The zero-order valence-corrected chi connectivity index (χ0v) is 7.94. The van der Waals surface area contributed by atoms with Gasteiger partial charge in [0.15, 0.2) is 0 Å². The van der Waals surface area contributed by atoms with Gasteiger partial charge in [0.1, 0.15) is 5.92 Å². The molecule has 0 aliphatic heterocycles. The number of aliphatic hydroxyl groups excluding tert-OH is 1. The summed E-state index contributed by atoms with van der Waals surface area (Å²) in [5, 5.41) is 18.7. The van der Waals surface area contributed by atoms with Gasteiger partial charge < -0.3 is 10.2 Å². The van der Waals surface area contributed by atoms with E-state index in [-0.39, 0.29) is 0 Å². The molecule has 0 spiro atoms. The van der Waals surface area contributed by atoms with Crippen LogP contribution in [0.2, 0.25) is 0 Å². The minimum atomic E-state index is -0.939. The molecule has 0 saturated carbocycles. The normalized spacial score (nSPS) is 31.5. The Morgan fingerprint density at radius 2 is 2.07 bits per heavy atom. The molecule has 0 aromatic heterocycles. The number of rotatable bonds is 1. The standard InChI is InChI=1S/C11H14O3/c12-10-8-4-2-1-3-7(8)5-6-9(10)11(13)14/h5-6,9-10,12H,1-4H2,(H,13,14). The minimum Gasteiger partial charge on any atom is -0.481 e. The molecule has 0 bridgehead atoms. The highest BCUT2D eigenvalue weighted by atomic mass is 16.4. The number of carboxylic acid groups (broad SMARTS) is 1. The van der Waals surface area contributed by atoms with Crippen LogP contribution in [0.4, 0.5) is 0 Å². The van der Waals surface area contributed by atoms with Gasteiger partial charge in [-0.3, -0.25) is 4.79 Å². The second kappa shape index (κ2) is 3.58. The molecule has 0 saturated heterocycles. The second-order valence-electron chi connectivity index (χ2n) is 3.93. The lowest BCUT2D eigenvalue weighted by Gasteiger charge is -2.28. The highest BCUT2D eigenvalue weighted by Gasteiger charge is 2.31.